The first-order chi connectivity index (χ1) is 11.1. The molecular weight excluding hydrogens is 318 g/mol. The van der Waals surface area contributed by atoms with Gasteiger partial charge in [-0.1, -0.05) is 24.6 Å². The Bertz CT molecular complexity index is 517. The van der Waals surface area contributed by atoms with Gasteiger partial charge in [-0.25, -0.2) is 0 Å². The summed E-state index contributed by atoms with van der Waals surface area (Å²) in [5, 5.41) is 2.49. The van der Waals surface area contributed by atoms with E-state index in [0.29, 0.717) is 12.6 Å². The molecule has 126 valence electrons. The highest BCUT2D eigenvalue weighted by Crippen LogP contribution is 2.29. The summed E-state index contributed by atoms with van der Waals surface area (Å²) >= 11 is 0.986. The quantitative estimate of drug-likeness (QED) is 0.792. The molecule has 0 aromatic carbocycles. The largest absolute Gasteiger partial charge is 0.354 e. The summed E-state index contributed by atoms with van der Waals surface area (Å²) in [5.41, 5.74) is 0. The molecule has 0 bridgehead atoms. The van der Waals surface area contributed by atoms with Crippen LogP contribution in [0.2, 0.25) is 0 Å². The zero-order chi connectivity index (χ0) is 16.4. The zero-order valence-corrected chi connectivity index (χ0v) is 13.8. The fraction of sp³-hybridized carbons (Fsp3) is 0.733. The van der Waals surface area contributed by atoms with Gasteiger partial charge < -0.3 is 10.2 Å². The van der Waals surface area contributed by atoms with Gasteiger partial charge in [-0.3, -0.25) is 24.1 Å². The van der Waals surface area contributed by atoms with Crippen LogP contribution in [-0.2, 0) is 14.4 Å². The van der Waals surface area contributed by atoms with Crippen LogP contribution in [0.3, 0.4) is 0 Å². The molecule has 2 heterocycles. The molecule has 1 aliphatic carbocycles. The molecule has 1 atom stereocenters. The number of nitrogens with one attached hydrogen (secondary N) is 1. The van der Waals surface area contributed by atoms with Crippen molar-refractivity contribution in [1.82, 2.24) is 15.1 Å². The lowest BCUT2D eigenvalue weighted by Gasteiger charge is -2.24. The van der Waals surface area contributed by atoms with Crippen LogP contribution in [0.4, 0.5) is 4.79 Å². The third-order valence-corrected chi connectivity index (χ3v) is 5.63. The van der Waals surface area contributed by atoms with Gasteiger partial charge >= 0.3 is 0 Å². The van der Waals surface area contributed by atoms with E-state index in [1.807, 2.05) is 4.90 Å². The van der Waals surface area contributed by atoms with Gasteiger partial charge in [-0.15, -0.1) is 0 Å². The van der Waals surface area contributed by atoms with E-state index in [2.05, 4.69) is 5.32 Å². The average molecular weight is 339 g/mol. The van der Waals surface area contributed by atoms with Crippen LogP contribution in [0.15, 0.2) is 0 Å². The Kier molecular flexibility index (Phi) is 4.89. The first-order valence-electron chi connectivity index (χ1n) is 8.10. The van der Waals surface area contributed by atoms with Crippen molar-refractivity contribution in [2.24, 2.45) is 5.92 Å². The van der Waals surface area contributed by atoms with E-state index in [1.165, 1.54) is 0 Å². The van der Waals surface area contributed by atoms with Crippen molar-refractivity contribution in [2.75, 3.05) is 25.4 Å². The van der Waals surface area contributed by atoms with Crippen molar-refractivity contribution in [2.45, 2.75) is 38.1 Å². The number of nitrogens with zero attached hydrogens (tertiary/aromatic N) is 2. The van der Waals surface area contributed by atoms with Crippen LogP contribution >= 0.6 is 11.8 Å². The molecule has 2 aliphatic heterocycles. The number of likely N-dealkylation sites (tertiary alicyclic amines) is 1. The van der Waals surface area contributed by atoms with Crippen molar-refractivity contribution in [1.29, 1.82) is 0 Å². The molecular formula is C15H21N3O4S. The fourth-order valence-electron chi connectivity index (χ4n) is 3.51. The average Bonchev–Trinajstić information content (AvgIpc) is 3.23. The molecule has 3 rings (SSSR count). The predicted octanol–water partition coefficient (Wildman–Crippen LogP) is 0.589. The molecule has 7 nitrogen and oxygen atoms in total. The smallest absolute Gasteiger partial charge is 0.288 e. The van der Waals surface area contributed by atoms with E-state index in [9.17, 15) is 19.2 Å². The Morgan fingerprint density at radius 1 is 1.17 bits per heavy atom. The molecule has 23 heavy (non-hydrogen) atoms. The van der Waals surface area contributed by atoms with Gasteiger partial charge in [0.1, 0.15) is 0 Å². The molecule has 8 heteroatoms. The SMILES string of the molecule is O=C(NCCN1C(=O)CSC1=O)[C@H]1CC(=O)N(C2CCCC2)C1. The molecule has 1 N–H and O–H groups in total. The third kappa shape index (κ3) is 3.52. The minimum absolute atomic E-state index is 0.0679. The zero-order valence-electron chi connectivity index (χ0n) is 13.0. The van der Waals surface area contributed by atoms with Gasteiger partial charge in [0.25, 0.3) is 5.24 Å². The predicted molar refractivity (Wildman–Crippen MR) is 84.7 cm³/mol. The van der Waals surface area contributed by atoms with Crippen molar-refractivity contribution < 1.29 is 19.2 Å². The van der Waals surface area contributed by atoms with Gasteiger partial charge in [0.2, 0.25) is 17.7 Å². The van der Waals surface area contributed by atoms with Crippen molar-refractivity contribution >= 4 is 34.7 Å². The van der Waals surface area contributed by atoms with Crippen LogP contribution < -0.4 is 5.32 Å². The molecule has 0 spiro atoms. The Morgan fingerprint density at radius 2 is 1.91 bits per heavy atom. The maximum absolute atomic E-state index is 12.2. The minimum Gasteiger partial charge on any atom is -0.354 e. The van der Waals surface area contributed by atoms with E-state index in [1.54, 1.807) is 0 Å². The number of thioether (sulfide) groups is 1. The Hall–Kier alpha value is -1.57. The van der Waals surface area contributed by atoms with Crippen LogP contribution in [-0.4, -0.2) is 64.2 Å². The number of rotatable bonds is 5. The van der Waals surface area contributed by atoms with Crippen molar-refractivity contribution in [3.63, 3.8) is 0 Å². The highest BCUT2D eigenvalue weighted by atomic mass is 32.2. The van der Waals surface area contributed by atoms with Crippen LogP contribution in [0.25, 0.3) is 0 Å². The number of carbonyl (C=O) groups is 4. The monoisotopic (exact) mass is 339 g/mol. The summed E-state index contributed by atoms with van der Waals surface area (Å²) < 4.78 is 0. The summed E-state index contributed by atoms with van der Waals surface area (Å²) in [7, 11) is 0. The second-order valence-electron chi connectivity index (χ2n) is 6.28. The Labute approximate surface area is 139 Å². The van der Waals surface area contributed by atoms with E-state index in [4.69, 9.17) is 0 Å². The first-order valence-corrected chi connectivity index (χ1v) is 9.09. The lowest BCUT2D eigenvalue weighted by molar-refractivity contribution is -0.130. The summed E-state index contributed by atoms with van der Waals surface area (Å²) in [6.45, 7) is 0.932. The van der Waals surface area contributed by atoms with E-state index >= 15 is 0 Å². The van der Waals surface area contributed by atoms with E-state index in [0.717, 1.165) is 42.3 Å². The molecule has 2 saturated heterocycles. The fourth-order valence-corrected chi connectivity index (χ4v) is 4.26. The topological polar surface area (TPSA) is 86.8 Å². The van der Waals surface area contributed by atoms with E-state index in [-0.39, 0.29) is 54.1 Å². The van der Waals surface area contributed by atoms with Gasteiger partial charge in [0.05, 0.1) is 11.7 Å². The summed E-state index contributed by atoms with van der Waals surface area (Å²) in [4.78, 5) is 50.2. The Balaban J connectivity index is 1.44. The number of amides is 4. The molecule has 0 aromatic heterocycles. The van der Waals surface area contributed by atoms with Crippen LogP contribution in [0.1, 0.15) is 32.1 Å². The van der Waals surface area contributed by atoms with Gasteiger partial charge in [-0.05, 0) is 12.8 Å². The highest BCUT2D eigenvalue weighted by Gasteiger charge is 2.38. The number of carbonyl (C=O) groups excluding carboxylic acids is 4. The molecule has 4 amide bonds. The Morgan fingerprint density at radius 3 is 2.57 bits per heavy atom. The third-order valence-electron chi connectivity index (χ3n) is 4.77. The second kappa shape index (κ2) is 6.90. The van der Waals surface area contributed by atoms with Crippen LogP contribution in [0.5, 0.6) is 0 Å². The minimum atomic E-state index is -0.317. The molecule has 1 saturated carbocycles. The number of hydrogen-bond donors (Lipinski definition) is 1. The maximum atomic E-state index is 12.2. The summed E-state index contributed by atoms with van der Waals surface area (Å²) in [6, 6.07) is 0.303. The van der Waals surface area contributed by atoms with E-state index < -0.39 is 0 Å². The maximum Gasteiger partial charge on any atom is 0.288 e. The number of imide groups is 1. The molecule has 3 aliphatic rings. The van der Waals surface area contributed by atoms with Crippen molar-refractivity contribution in [3.8, 4) is 0 Å². The normalized spacial score (nSPS) is 25.7. The molecule has 0 aromatic rings. The summed E-state index contributed by atoms with van der Waals surface area (Å²) in [6.07, 6.45) is 4.65. The van der Waals surface area contributed by atoms with Gasteiger partial charge in [0, 0.05) is 32.1 Å². The lowest BCUT2D eigenvalue weighted by Crippen LogP contribution is -2.40. The van der Waals surface area contributed by atoms with Gasteiger partial charge in [-0.2, -0.15) is 0 Å². The molecule has 3 fully saturated rings. The number of hydrogen-bond acceptors (Lipinski definition) is 5. The van der Waals surface area contributed by atoms with Gasteiger partial charge in [0.15, 0.2) is 0 Å². The first kappa shape index (κ1) is 16.3. The van der Waals surface area contributed by atoms with Crippen molar-refractivity contribution in [3.05, 3.63) is 0 Å². The highest BCUT2D eigenvalue weighted by molar-refractivity contribution is 8.14. The van der Waals surface area contributed by atoms with Crippen LogP contribution in [0, 0.1) is 5.92 Å². The molecule has 0 unspecified atom stereocenters. The second-order valence-corrected chi connectivity index (χ2v) is 7.20. The standard InChI is InChI=1S/C15H21N3O4S/c19-12-7-10(8-18(12)11-3-1-2-4-11)14(21)16-5-6-17-13(20)9-23-15(17)22/h10-11H,1-9H2,(H,16,21)/t10-/m0/s1. The summed E-state index contributed by atoms with van der Waals surface area (Å²) in [5.74, 6) is -0.440. The lowest BCUT2D eigenvalue weighted by atomic mass is 10.1. The molecule has 0 radical (unpaired) electrons.